The van der Waals surface area contributed by atoms with Crippen molar-refractivity contribution < 1.29 is 23.9 Å². The molecule has 0 aromatic heterocycles. The van der Waals surface area contributed by atoms with E-state index in [0.717, 1.165) is 11.3 Å². The minimum Gasteiger partial charge on any atom is -0.496 e. The lowest BCUT2D eigenvalue weighted by molar-refractivity contribution is -0.116. The number of hydrogen-bond acceptors (Lipinski definition) is 5. The summed E-state index contributed by atoms with van der Waals surface area (Å²) in [4.78, 5) is 51.3. The largest absolute Gasteiger partial charge is 0.496 e. The Labute approximate surface area is 195 Å². The second-order valence-electron chi connectivity index (χ2n) is 8.15. The summed E-state index contributed by atoms with van der Waals surface area (Å²) >= 11 is 0. The molecular weight excluding hydrogens is 434 g/mol. The van der Waals surface area contributed by atoms with Crippen LogP contribution in [0.25, 0.3) is 0 Å². The van der Waals surface area contributed by atoms with Crippen LogP contribution in [0.15, 0.2) is 60.7 Å². The number of fused-ring (bicyclic) bond motifs is 2. The number of benzene rings is 3. The van der Waals surface area contributed by atoms with Gasteiger partial charge in [-0.1, -0.05) is 18.2 Å². The van der Waals surface area contributed by atoms with Gasteiger partial charge in [-0.25, -0.2) is 0 Å². The molecule has 3 aromatic carbocycles. The van der Waals surface area contributed by atoms with E-state index in [1.54, 1.807) is 54.6 Å². The molecule has 8 heteroatoms. The first-order valence-electron chi connectivity index (χ1n) is 10.8. The molecule has 5 rings (SSSR count). The third-order valence-electron chi connectivity index (χ3n) is 5.99. The number of rotatable bonds is 5. The van der Waals surface area contributed by atoms with Crippen LogP contribution in [0.4, 0.5) is 11.4 Å². The van der Waals surface area contributed by atoms with E-state index >= 15 is 0 Å². The van der Waals surface area contributed by atoms with Crippen LogP contribution in [-0.2, 0) is 17.8 Å². The fourth-order valence-electron chi connectivity index (χ4n) is 4.26. The summed E-state index contributed by atoms with van der Waals surface area (Å²) in [7, 11) is 1.47. The molecule has 34 heavy (non-hydrogen) atoms. The number of imide groups is 1. The average molecular weight is 455 g/mol. The van der Waals surface area contributed by atoms with E-state index in [1.165, 1.54) is 12.0 Å². The maximum Gasteiger partial charge on any atom is 0.261 e. The van der Waals surface area contributed by atoms with Gasteiger partial charge < -0.3 is 15.4 Å². The molecule has 0 radical (unpaired) electrons. The Morgan fingerprint density at radius 1 is 0.971 bits per heavy atom. The molecule has 0 unspecified atom stereocenters. The topological polar surface area (TPSA) is 105 Å². The number of carbonyl (C=O) groups is 4. The van der Waals surface area contributed by atoms with Gasteiger partial charge in [0.05, 0.1) is 30.3 Å². The Bertz CT molecular complexity index is 1330. The van der Waals surface area contributed by atoms with Crippen LogP contribution in [0.1, 0.15) is 48.6 Å². The average Bonchev–Trinajstić information content (AvgIpc) is 3.09. The molecule has 2 N–H and O–H groups in total. The van der Waals surface area contributed by atoms with Gasteiger partial charge >= 0.3 is 0 Å². The highest BCUT2D eigenvalue weighted by molar-refractivity contribution is 6.21. The van der Waals surface area contributed by atoms with Crippen molar-refractivity contribution in [3.8, 4) is 5.75 Å². The summed E-state index contributed by atoms with van der Waals surface area (Å²) in [5, 5.41) is 5.68. The SMILES string of the molecule is COc1ccc(CN2C(=O)c3ccccc3C2=O)cc1C(=O)Nc1ccc2c(c1)CCC(=O)N2. The summed E-state index contributed by atoms with van der Waals surface area (Å²) in [6, 6.07) is 17.0. The van der Waals surface area contributed by atoms with Crippen molar-refractivity contribution in [1.29, 1.82) is 0 Å². The zero-order chi connectivity index (χ0) is 23.8. The van der Waals surface area contributed by atoms with E-state index in [4.69, 9.17) is 4.74 Å². The van der Waals surface area contributed by atoms with Gasteiger partial charge in [-0.15, -0.1) is 0 Å². The lowest BCUT2D eigenvalue weighted by Gasteiger charge is -2.18. The first kappa shape index (κ1) is 21.4. The molecule has 0 fully saturated rings. The van der Waals surface area contributed by atoms with Crippen molar-refractivity contribution in [2.24, 2.45) is 0 Å². The second-order valence-corrected chi connectivity index (χ2v) is 8.15. The highest BCUT2D eigenvalue weighted by Gasteiger charge is 2.35. The van der Waals surface area contributed by atoms with Gasteiger partial charge in [-0.3, -0.25) is 24.1 Å². The molecule has 8 nitrogen and oxygen atoms in total. The number of anilines is 2. The molecule has 2 aliphatic rings. The van der Waals surface area contributed by atoms with E-state index in [1.807, 2.05) is 6.07 Å². The summed E-state index contributed by atoms with van der Waals surface area (Å²) in [6.45, 7) is 0.0369. The van der Waals surface area contributed by atoms with E-state index in [2.05, 4.69) is 10.6 Å². The van der Waals surface area contributed by atoms with Crippen molar-refractivity contribution in [1.82, 2.24) is 4.90 Å². The van der Waals surface area contributed by atoms with Crippen LogP contribution >= 0.6 is 0 Å². The maximum absolute atomic E-state index is 13.1. The molecule has 4 amide bonds. The van der Waals surface area contributed by atoms with E-state index < -0.39 is 0 Å². The van der Waals surface area contributed by atoms with Crippen molar-refractivity contribution in [2.75, 3.05) is 17.7 Å². The highest BCUT2D eigenvalue weighted by Crippen LogP contribution is 2.29. The number of nitrogens with one attached hydrogen (secondary N) is 2. The van der Waals surface area contributed by atoms with E-state index in [9.17, 15) is 19.2 Å². The summed E-state index contributed by atoms with van der Waals surface area (Å²) in [6.07, 6.45) is 1.00. The van der Waals surface area contributed by atoms with Crippen LogP contribution < -0.4 is 15.4 Å². The highest BCUT2D eigenvalue weighted by atomic mass is 16.5. The monoisotopic (exact) mass is 455 g/mol. The lowest BCUT2D eigenvalue weighted by atomic mass is 10.0. The molecule has 0 atom stereocenters. The number of nitrogens with zero attached hydrogens (tertiary/aromatic N) is 1. The van der Waals surface area contributed by atoms with Crippen LogP contribution in [0.2, 0.25) is 0 Å². The molecule has 2 aliphatic heterocycles. The van der Waals surface area contributed by atoms with E-state index in [0.29, 0.717) is 41.0 Å². The number of carbonyl (C=O) groups excluding carboxylic acids is 4. The Morgan fingerprint density at radius 2 is 1.71 bits per heavy atom. The van der Waals surface area contributed by atoms with Crippen LogP contribution in [0.3, 0.4) is 0 Å². The molecule has 0 saturated heterocycles. The fourth-order valence-corrected chi connectivity index (χ4v) is 4.26. The molecule has 0 spiro atoms. The third-order valence-corrected chi connectivity index (χ3v) is 5.99. The molecule has 0 saturated carbocycles. The second kappa shape index (κ2) is 8.47. The quantitative estimate of drug-likeness (QED) is 0.572. The smallest absolute Gasteiger partial charge is 0.261 e. The van der Waals surface area contributed by atoms with Crippen molar-refractivity contribution in [2.45, 2.75) is 19.4 Å². The predicted octanol–water partition coefficient (Wildman–Crippen LogP) is 3.63. The van der Waals surface area contributed by atoms with Crippen molar-refractivity contribution in [3.05, 3.63) is 88.5 Å². The van der Waals surface area contributed by atoms with Gasteiger partial charge in [0.2, 0.25) is 5.91 Å². The first-order valence-corrected chi connectivity index (χ1v) is 10.8. The third kappa shape index (κ3) is 3.79. The van der Waals surface area contributed by atoms with Gasteiger partial charge in [0.1, 0.15) is 5.75 Å². The van der Waals surface area contributed by atoms with E-state index in [-0.39, 0.29) is 35.7 Å². The maximum atomic E-state index is 13.1. The minimum atomic E-state index is -0.388. The van der Waals surface area contributed by atoms with Crippen molar-refractivity contribution >= 4 is 35.0 Å². The van der Waals surface area contributed by atoms with Gasteiger partial charge in [0, 0.05) is 17.8 Å². The summed E-state index contributed by atoms with van der Waals surface area (Å²) < 4.78 is 5.37. The molecule has 170 valence electrons. The number of hydrogen-bond donors (Lipinski definition) is 2. The first-order chi connectivity index (χ1) is 16.4. The predicted molar refractivity (Wildman–Crippen MR) is 125 cm³/mol. The van der Waals surface area contributed by atoms with Gasteiger partial charge in [-0.2, -0.15) is 0 Å². The normalized spacial score (nSPS) is 14.4. The van der Waals surface area contributed by atoms with Gasteiger partial charge in [0.15, 0.2) is 0 Å². The Kier molecular flexibility index (Phi) is 5.33. The number of ether oxygens (including phenoxy) is 1. The number of amides is 4. The molecular formula is C26H21N3O5. The summed E-state index contributed by atoms with van der Waals surface area (Å²) in [5.41, 5.74) is 3.94. The zero-order valence-corrected chi connectivity index (χ0v) is 18.4. The summed E-state index contributed by atoms with van der Waals surface area (Å²) in [5.74, 6) is -0.759. The number of aryl methyl sites for hydroxylation is 1. The number of methoxy groups -OCH3 is 1. The Morgan fingerprint density at radius 3 is 2.41 bits per heavy atom. The Hall–Kier alpha value is -4.46. The molecule has 0 aliphatic carbocycles. The Balaban J connectivity index is 1.37. The standard InChI is InChI=1S/C26H21N3O5/c1-34-22-10-6-15(14-29-25(32)18-4-2-3-5-19(18)26(29)33)12-20(22)24(31)27-17-8-9-21-16(13-17)7-11-23(30)28-21/h2-6,8-10,12-13H,7,11,14H2,1H3,(H,27,31)(H,28,30). The van der Waals surface area contributed by atoms with Crippen LogP contribution in [0, 0.1) is 0 Å². The van der Waals surface area contributed by atoms with Crippen LogP contribution in [0.5, 0.6) is 5.75 Å². The van der Waals surface area contributed by atoms with Gasteiger partial charge in [-0.05, 0) is 60.0 Å². The van der Waals surface area contributed by atoms with Crippen molar-refractivity contribution in [3.63, 3.8) is 0 Å². The van der Waals surface area contributed by atoms with Crippen LogP contribution in [-0.4, -0.2) is 35.6 Å². The molecule has 2 heterocycles. The lowest BCUT2D eigenvalue weighted by Crippen LogP contribution is -2.29. The fraction of sp³-hybridized carbons (Fsp3) is 0.154. The molecule has 0 bridgehead atoms. The zero-order valence-electron chi connectivity index (χ0n) is 18.4. The molecule has 3 aromatic rings. The minimum absolute atomic E-state index is 0.0242. The van der Waals surface area contributed by atoms with Gasteiger partial charge in [0.25, 0.3) is 17.7 Å².